The number of likely N-dealkylation sites (N-methyl/N-ethyl adjacent to an activating group) is 1. The third-order valence-electron chi connectivity index (χ3n) is 3.09. The topological polar surface area (TPSA) is 62.6 Å². The van der Waals surface area contributed by atoms with Gasteiger partial charge in [-0.1, -0.05) is 23.7 Å². The lowest BCUT2D eigenvalue weighted by atomic mass is 10.3. The summed E-state index contributed by atoms with van der Waals surface area (Å²) in [6, 6.07) is 6.79. The molecular weight excluding hydrogens is 278 g/mol. The Kier molecular flexibility index (Phi) is 7.04. The van der Waals surface area contributed by atoms with Crippen molar-refractivity contribution in [3.8, 4) is 0 Å². The van der Waals surface area contributed by atoms with Crippen molar-refractivity contribution in [2.75, 3.05) is 31.5 Å². The number of para-hydroxylation sites is 1. The molecule has 0 aliphatic rings. The lowest BCUT2D eigenvalue weighted by Crippen LogP contribution is -3.12. The smallest absolute Gasteiger partial charge is 0.313 e. The van der Waals surface area contributed by atoms with E-state index in [9.17, 15) is 9.59 Å². The van der Waals surface area contributed by atoms with Crippen LogP contribution in [0.15, 0.2) is 24.3 Å². The Morgan fingerprint density at radius 3 is 2.40 bits per heavy atom. The van der Waals surface area contributed by atoms with Crippen LogP contribution in [0.1, 0.15) is 13.8 Å². The van der Waals surface area contributed by atoms with E-state index in [-0.39, 0.29) is 0 Å². The second-order valence-corrected chi connectivity index (χ2v) is 4.80. The van der Waals surface area contributed by atoms with E-state index < -0.39 is 11.8 Å². The summed E-state index contributed by atoms with van der Waals surface area (Å²) >= 11 is 5.91. The van der Waals surface area contributed by atoms with Crippen molar-refractivity contribution in [1.29, 1.82) is 0 Å². The van der Waals surface area contributed by atoms with Crippen LogP contribution in [0.2, 0.25) is 5.02 Å². The summed E-state index contributed by atoms with van der Waals surface area (Å²) in [6.45, 7) is 7.45. The van der Waals surface area contributed by atoms with E-state index in [2.05, 4.69) is 24.5 Å². The first kappa shape index (κ1) is 16.5. The number of benzene rings is 1. The van der Waals surface area contributed by atoms with Gasteiger partial charge in [0.15, 0.2) is 0 Å². The molecule has 0 atom stereocenters. The van der Waals surface area contributed by atoms with Crippen LogP contribution in [0.3, 0.4) is 0 Å². The number of carbonyl (C=O) groups is 2. The van der Waals surface area contributed by atoms with Gasteiger partial charge in [0.05, 0.1) is 36.9 Å². The van der Waals surface area contributed by atoms with Gasteiger partial charge in [0.2, 0.25) is 0 Å². The summed E-state index contributed by atoms with van der Waals surface area (Å²) in [7, 11) is 0. The standard InChI is InChI=1S/C14H20ClN3O2/c1-3-18(4-2)10-9-16-13(19)14(20)17-12-8-6-5-7-11(12)15/h5-8H,3-4,9-10H2,1-2H3,(H,16,19)(H,17,20)/p+1. The first-order valence-corrected chi connectivity index (χ1v) is 7.13. The Morgan fingerprint density at radius 1 is 1.15 bits per heavy atom. The van der Waals surface area contributed by atoms with E-state index in [1.807, 2.05) is 0 Å². The fraction of sp³-hybridized carbons (Fsp3) is 0.429. The van der Waals surface area contributed by atoms with Crippen molar-refractivity contribution in [2.45, 2.75) is 13.8 Å². The van der Waals surface area contributed by atoms with Gasteiger partial charge in [0.25, 0.3) is 0 Å². The highest BCUT2D eigenvalue weighted by Crippen LogP contribution is 2.19. The van der Waals surface area contributed by atoms with Gasteiger partial charge in [-0.05, 0) is 26.0 Å². The molecule has 20 heavy (non-hydrogen) atoms. The number of halogens is 1. The molecule has 1 aromatic rings. The molecule has 6 heteroatoms. The number of nitrogens with one attached hydrogen (secondary N) is 3. The minimum absolute atomic E-state index is 0.404. The molecule has 1 rings (SSSR count). The van der Waals surface area contributed by atoms with Gasteiger partial charge < -0.3 is 15.5 Å². The fourth-order valence-corrected chi connectivity index (χ4v) is 1.96. The SMILES string of the molecule is CC[NH+](CC)CCNC(=O)C(=O)Nc1ccccc1Cl. The van der Waals surface area contributed by atoms with Crippen molar-refractivity contribution in [2.24, 2.45) is 0 Å². The third kappa shape index (κ3) is 5.19. The van der Waals surface area contributed by atoms with Gasteiger partial charge in [0, 0.05) is 0 Å². The van der Waals surface area contributed by atoms with Crippen molar-refractivity contribution in [1.82, 2.24) is 5.32 Å². The molecule has 0 bridgehead atoms. The zero-order valence-electron chi connectivity index (χ0n) is 11.8. The number of amides is 2. The molecule has 5 nitrogen and oxygen atoms in total. The van der Waals surface area contributed by atoms with Crippen LogP contribution in [-0.2, 0) is 9.59 Å². The first-order valence-electron chi connectivity index (χ1n) is 6.75. The molecule has 0 unspecified atom stereocenters. The third-order valence-corrected chi connectivity index (χ3v) is 3.42. The van der Waals surface area contributed by atoms with E-state index in [1.165, 1.54) is 4.90 Å². The maximum absolute atomic E-state index is 11.7. The molecule has 0 aromatic heterocycles. The van der Waals surface area contributed by atoms with Crippen molar-refractivity contribution in [3.05, 3.63) is 29.3 Å². The quantitative estimate of drug-likeness (QED) is 0.662. The summed E-state index contributed by atoms with van der Waals surface area (Å²) in [5.41, 5.74) is 0.434. The van der Waals surface area contributed by atoms with E-state index in [1.54, 1.807) is 24.3 Å². The summed E-state index contributed by atoms with van der Waals surface area (Å²) < 4.78 is 0. The average Bonchev–Trinajstić information content (AvgIpc) is 2.45. The normalized spacial score (nSPS) is 10.4. The van der Waals surface area contributed by atoms with E-state index >= 15 is 0 Å². The molecule has 0 aliphatic heterocycles. The van der Waals surface area contributed by atoms with Crippen LogP contribution in [0.4, 0.5) is 5.69 Å². The average molecular weight is 299 g/mol. The maximum Gasteiger partial charge on any atom is 0.313 e. The Morgan fingerprint density at radius 2 is 1.80 bits per heavy atom. The number of anilines is 1. The van der Waals surface area contributed by atoms with Gasteiger partial charge in [0.1, 0.15) is 0 Å². The molecule has 2 amide bonds. The second kappa shape index (κ2) is 8.55. The molecular formula is C14H21ClN3O2+. The van der Waals surface area contributed by atoms with Crippen LogP contribution in [0.5, 0.6) is 0 Å². The Bertz CT molecular complexity index is 461. The lowest BCUT2D eigenvalue weighted by molar-refractivity contribution is -0.895. The highest BCUT2D eigenvalue weighted by atomic mass is 35.5. The number of hydrogen-bond donors (Lipinski definition) is 3. The lowest BCUT2D eigenvalue weighted by Gasteiger charge is -2.15. The first-order chi connectivity index (χ1) is 9.58. The van der Waals surface area contributed by atoms with Crippen molar-refractivity contribution < 1.29 is 14.5 Å². The second-order valence-electron chi connectivity index (χ2n) is 4.40. The van der Waals surface area contributed by atoms with Crippen LogP contribution in [0, 0.1) is 0 Å². The van der Waals surface area contributed by atoms with Gasteiger partial charge >= 0.3 is 11.8 Å². The van der Waals surface area contributed by atoms with Crippen LogP contribution in [-0.4, -0.2) is 38.0 Å². The summed E-state index contributed by atoms with van der Waals surface area (Å²) in [4.78, 5) is 24.7. The van der Waals surface area contributed by atoms with E-state index in [0.29, 0.717) is 17.3 Å². The highest BCUT2D eigenvalue weighted by Gasteiger charge is 2.15. The van der Waals surface area contributed by atoms with Crippen LogP contribution < -0.4 is 15.5 Å². The van der Waals surface area contributed by atoms with E-state index in [0.717, 1.165) is 19.6 Å². The summed E-state index contributed by atoms with van der Waals surface area (Å²) in [5.74, 6) is -1.34. The number of carbonyl (C=O) groups excluding carboxylic acids is 2. The van der Waals surface area contributed by atoms with Crippen LogP contribution >= 0.6 is 11.6 Å². The van der Waals surface area contributed by atoms with Crippen molar-refractivity contribution >= 4 is 29.1 Å². The predicted molar refractivity (Wildman–Crippen MR) is 80.0 cm³/mol. The Hall–Kier alpha value is -1.59. The van der Waals surface area contributed by atoms with Gasteiger partial charge in [-0.3, -0.25) is 9.59 Å². The Labute approximate surface area is 124 Å². The molecule has 0 heterocycles. The van der Waals surface area contributed by atoms with Crippen molar-refractivity contribution in [3.63, 3.8) is 0 Å². The fourth-order valence-electron chi connectivity index (χ4n) is 1.78. The summed E-state index contributed by atoms with van der Waals surface area (Å²) in [6.07, 6.45) is 0. The largest absolute Gasteiger partial charge is 0.342 e. The summed E-state index contributed by atoms with van der Waals surface area (Å²) in [5, 5.41) is 5.50. The van der Waals surface area contributed by atoms with Gasteiger partial charge in [-0.25, -0.2) is 0 Å². The molecule has 1 aromatic carbocycles. The zero-order valence-corrected chi connectivity index (χ0v) is 12.6. The number of rotatable bonds is 6. The van der Waals surface area contributed by atoms with Crippen LogP contribution in [0.25, 0.3) is 0 Å². The zero-order chi connectivity index (χ0) is 15.0. The monoisotopic (exact) mass is 298 g/mol. The molecule has 3 N–H and O–H groups in total. The molecule has 0 saturated heterocycles. The molecule has 110 valence electrons. The Balaban J connectivity index is 2.40. The minimum Gasteiger partial charge on any atom is -0.342 e. The molecule has 0 spiro atoms. The maximum atomic E-state index is 11.7. The number of quaternary nitrogens is 1. The molecule has 0 fully saturated rings. The highest BCUT2D eigenvalue weighted by molar-refractivity contribution is 6.41. The minimum atomic E-state index is -0.701. The van der Waals surface area contributed by atoms with E-state index in [4.69, 9.17) is 11.6 Å². The molecule has 0 saturated carbocycles. The van der Waals surface area contributed by atoms with Gasteiger partial charge in [-0.2, -0.15) is 0 Å². The predicted octanol–water partition coefficient (Wildman–Crippen LogP) is 0.319. The molecule has 0 radical (unpaired) electrons. The number of hydrogen-bond acceptors (Lipinski definition) is 2. The van der Waals surface area contributed by atoms with Gasteiger partial charge in [-0.15, -0.1) is 0 Å². The molecule has 0 aliphatic carbocycles.